The van der Waals surface area contributed by atoms with Gasteiger partial charge in [0.05, 0.1) is 18.2 Å². The van der Waals surface area contributed by atoms with Gasteiger partial charge in [-0.05, 0) is 37.3 Å². The van der Waals surface area contributed by atoms with Gasteiger partial charge in [0.1, 0.15) is 11.6 Å². The first-order valence-electron chi connectivity index (χ1n) is 6.44. The molecule has 0 unspecified atom stereocenters. The summed E-state index contributed by atoms with van der Waals surface area (Å²) in [6.07, 6.45) is 1.63. The van der Waals surface area contributed by atoms with Crippen LogP contribution in [0.3, 0.4) is 0 Å². The molecule has 0 aromatic heterocycles. The lowest BCUT2D eigenvalue weighted by molar-refractivity contribution is 0.339. The van der Waals surface area contributed by atoms with Crippen LogP contribution in [0.25, 0.3) is 11.6 Å². The lowest BCUT2D eigenvalue weighted by Crippen LogP contribution is -1.94. The summed E-state index contributed by atoms with van der Waals surface area (Å²) < 4.78 is 20.2. The highest BCUT2D eigenvalue weighted by Gasteiger charge is 2.09. The first-order chi connectivity index (χ1) is 10.2. The lowest BCUT2D eigenvalue weighted by atomic mass is 10.0. The molecule has 2 aromatic rings. The monoisotopic (exact) mass is 345 g/mol. The number of hydrogen-bond acceptors (Lipinski definition) is 2. The highest BCUT2D eigenvalue weighted by Crippen LogP contribution is 2.28. The van der Waals surface area contributed by atoms with Crippen molar-refractivity contribution in [3.63, 3.8) is 0 Å². The molecule has 0 bridgehead atoms. The molecular weight excluding hydrogens is 333 g/mol. The van der Waals surface area contributed by atoms with Crippen LogP contribution in [-0.4, -0.2) is 6.61 Å². The fourth-order valence-electron chi connectivity index (χ4n) is 1.92. The Labute approximate surface area is 131 Å². The van der Waals surface area contributed by atoms with Gasteiger partial charge in [0, 0.05) is 15.6 Å². The number of ether oxygens (including phenoxy) is 1. The highest BCUT2D eigenvalue weighted by atomic mass is 79.9. The van der Waals surface area contributed by atoms with Gasteiger partial charge in [-0.25, -0.2) is 4.39 Å². The molecule has 0 aliphatic carbocycles. The van der Waals surface area contributed by atoms with Crippen molar-refractivity contribution >= 4 is 27.6 Å². The van der Waals surface area contributed by atoms with Gasteiger partial charge in [-0.2, -0.15) is 5.26 Å². The summed E-state index contributed by atoms with van der Waals surface area (Å²) in [5.74, 6) is 0.239. The Bertz CT molecular complexity index is 719. The number of benzene rings is 2. The molecule has 0 amide bonds. The van der Waals surface area contributed by atoms with Gasteiger partial charge in [-0.1, -0.05) is 34.1 Å². The molecule has 0 spiro atoms. The van der Waals surface area contributed by atoms with E-state index in [1.54, 1.807) is 24.3 Å². The van der Waals surface area contributed by atoms with Crippen LogP contribution in [-0.2, 0) is 0 Å². The fraction of sp³-hybridized carbons (Fsp3) is 0.118. The van der Waals surface area contributed by atoms with Crippen molar-refractivity contribution < 1.29 is 9.13 Å². The molecule has 2 rings (SSSR count). The molecule has 4 heteroatoms. The van der Waals surface area contributed by atoms with Crippen LogP contribution in [0.5, 0.6) is 5.75 Å². The van der Waals surface area contributed by atoms with Crippen LogP contribution in [0.15, 0.2) is 46.9 Å². The third-order valence-electron chi connectivity index (χ3n) is 2.86. The van der Waals surface area contributed by atoms with Crippen LogP contribution >= 0.6 is 15.9 Å². The number of halogens is 2. The SMILES string of the molecule is CCOc1ccc(Br)cc1C=C(C#N)c1ccccc1F. The second-order valence-corrected chi connectivity index (χ2v) is 5.18. The molecule has 21 heavy (non-hydrogen) atoms. The number of hydrogen-bond donors (Lipinski definition) is 0. The predicted molar refractivity (Wildman–Crippen MR) is 85.2 cm³/mol. The second-order valence-electron chi connectivity index (χ2n) is 4.26. The predicted octanol–water partition coefficient (Wildman–Crippen LogP) is 5.05. The molecular formula is C17H13BrFNO. The summed E-state index contributed by atoms with van der Waals surface area (Å²) >= 11 is 3.39. The van der Waals surface area contributed by atoms with Crippen LogP contribution in [0.2, 0.25) is 0 Å². The Hall–Kier alpha value is -2.12. The van der Waals surface area contributed by atoms with Gasteiger partial charge >= 0.3 is 0 Å². The minimum Gasteiger partial charge on any atom is -0.493 e. The first-order valence-corrected chi connectivity index (χ1v) is 7.24. The van der Waals surface area contributed by atoms with Gasteiger partial charge in [0.2, 0.25) is 0 Å². The van der Waals surface area contributed by atoms with E-state index in [1.807, 2.05) is 31.2 Å². The quantitative estimate of drug-likeness (QED) is 0.573. The van der Waals surface area contributed by atoms with Gasteiger partial charge < -0.3 is 4.74 Å². The fourth-order valence-corrected chi connectivity index (χ4v) is 2.30. The zero-order chi connectivity index (χ0) is 15.2. The Morgan fingerprint density at radius 1 is 1.33 bits per heavy atom. The standard InChI is InChI=1S/C17H13BrFNO/c1-2-21-17-8-7-14(18)10-12(17)9-13(11-20)15-5-3-4-6-16(15)19/h3-10H,2H2,1H3. The summed E-state index contributed by atoms with van der Waals surface area (Å²) in [6.45, 7) is 2.40. The van der Waals surface area contributed by atoms with Crippen molar-refractivity contribution in [2.75, 3.05) is 6.61 Å². The molecule has 0 aliphatic heterocycles. The smallest absolute Gasteiger partial charge is 0.131 e. The minimum absolute atomic E-state index is 0.257. The molecule has 0 fully saturated rings. The highest BCUT2D eigenvalue weighted by molar-refractivity contribution is 9.10. The van der Waals surface area contributed by atoms with E-state index in [-0.39, 0.29) is 11.1 Å². The van der Waals surface area contributed by atoms with Crippen molar-refractivity contribution in [3.8, 4) is 11.8 Å². The Morgan fingerprint density at radius 3 is 2.76 bits per heavy atom. The summed E-state index contributed by atoms with van der Waals surface area (Å²) in [4.78, 5) is 0. The van der Waals surface area contributed by atoms with Crippen molar-refractivity contribution in [1.82, 2.24) is 0 Å². The summed E-state index contributed by atoms with van der Waals surface area (Å²) in [7, 11) is 0. The Balaban J connectivity index is 2.53. The topological polar surface area (TPSA) is 33.0 Å². The van der Waals surface area contributed by atoms with E-state index in [1.165, 1.54) is 6.07 Å². The van der Waals surface area contributed by atoms with E-state index in [0.29, 0.717) is 12.4 Å². The molecule has 2 aromatic carbocycles. The zero-order valence-electron chi connectivity index (χ0n) is 11.4. The van der Waals surface area contributed by atoms with E-state index in [9.17, 15) is 9.65 Å². The maximum Gasteiger partial charge on any atom is 0.131 e. The third kappa shape index (κ3) is 3.71. The van der Waals surface area contributed by atoms with E-state index < -0.39 is 5.82 Å². The largest absolute Gasteiger partial charge is 0.493 e. The number of nitriles is 1. The van der Waals surface area contributed by atoms with E-state index in [0.717, 1.165) is 10.0 Å². The molecule has 0 aliphatic rings. The second kappa shape index (κ2) is 7.05. The van der Waals surface area contributed by atoms with Crippen molar-refractivity contribution in [1.29, 1.82) is 5.26 Å². The number of nitrogens with zero attached hydrogens (tertiary/aromatic N) is 1. The number of allylic oxidation sites excluding steroid dienone is 1. The van der Waals surface area contributed by atoms with Gasteiger partial charge in [-0.15, -0.1) is 0 Å². The van der Waals surface area contributed by atoms with Crippen LogP contribution in [0.4, 0.5) is 4.39 Å². The van der Waals surface area contributed by atoms with Gasteiger partial charge in [0.25, 0.3) is 0 Å². The van der Waals surface area contributed by atoms with Gasteiger partial charge in [-0.3, -0.25) is 0 Å². The average molecular weight is 346 g/mol. The summed E-state index contributed by atoms with van der Waals surface area (Å²) in [6, 6.07) is 13.8. The van der Waals surface area contributed by atoms with E-state index in [2.05, 4.69) is 15.9 Å². The number of rotatable bonds is 4. The Kier molecular flexibility index (Phi) is 5.13. The van der Waals surface area contributed by atoms with Crippen molar-refractivity contribution in [2.24, 2.45) is 0 Å². The molecule has 0 saturated heterocycles. The lowest BCUT2D eigenvalue weighted by Gasteiger charge is -2.08. The maximum absolute atomic E-state index is 13.8. The maximum atomic E-state index is 13.8. The summed E-state index contributed by atoms with van der Waals surface area (Å²) in [5, 5.41) is 9.32. The molecule has 0 saturated carbocycles. The molecule has 0 heterocycles. The zero-order valence-corrected chi connectivity index (χ0v) is 13.0. The third-order valence-corrected chi connectivity index (χ3v) is 3.35. The molecule has 2 nitrogen and oxygen atoms in total. The van der Waals surface area contributed by atoms with E-state index >= 15 is 0 Å². The molecule has 106 valence electrons. The van der Waals surface area contributed by atoms with Crippen molar-refractivity contribution in [3.05, 3.63) is 63.9 Å². The Morgan fingerprint density at radius 2 is 2.10 bits per heavy atom. The average Bonchev–Trinajstić information content (AvgIpc) is 2.48. The van der Waals surface area contributed by atoms with Crippen LogP contribution < -0.4 is 4.74 Å². The van der Waals surface area contributed by atoms with Crippen molar-refractivity contribution in [2.45, 2.75) is 6.92 Å². The molecule has 0 atom stereocenters. The normalized spacial score (nSPS) is 11.0. The molecule has 0 N–H and O–H groups in total. The molecule has 0 radical (unpaired) electrons. The van der Waals surface area contributed by atoms with Crippen LogP contribution in [0.1, 0.15) is 18.1 Å². The first kappa shape index (κ1) is 15.3. The van der Waals surface area contributed by atoms with Gasteiger partial charge in [0.15, 0.2) is 0 Å². The van der Waals surface area contributed by atoms with Crippen LogP contribution in [0, 0.1) is 17.1 Å². The summed E-state index contributed by atoms with van der Waals surface area (Å²) in [5.41, 5.74) is 1.26. The van der Waals surface area contributed by atoms with E-state index in [4.69, 9.17) is 4.74 Å². The minimum atomic E-state index is -0.418.